The van der Waals surface area contributed by atoms with Crippen molar-refractivity contribution >= 4 is 16.7 Å². The summed E-state index contributed by atoms with van der Waals surface area (Å²) in [6.07, 6.45) is 0.864. The smallest absolute Gasteiger partial charge is 0.252 e. The molecule has 0 aliphatic carbocycles. The van der Waals surface area contributed by atoms with Gasteiger partial charge in [0.25, 0.3) is 5.91 Å². The normalized spacial score (nSPS) is 11.3. The lowest BCUT2D eigenvalue weighted by atomic mass is 9.92. The molecule has 0 atom stereocenters. The maximum absolute atomic E-state index is 13.2. The second-order valence-electron chi connectivity index (χ2n) is 7.32. The first-order valence-electron chi connectivity index (χ1n) is 9.47. The van der Waals surface area contributed by atoms with Gasteiger partial charge in [-0.2, -0.15) is 0 Å². The molecule has 0 saturated heterocycles. The van der Waals surface area contributed by atoms with Gasteiger partial charge in [0.05, 0.1) is 19.8 Å². The van der Waals surface area contributed by atoms with Crippen LogP contribution in [0.15, 0.2) is 54.6 Å². The first kappa shape index (κ1) is 19.7. The van der Waals surface area contributed by atoms with Crippen molar-refractivity contribution in [2.45, 2.75) is 32.7 Å². The Hall–Kier alpha value is -3.01. The van der Waals surface area contributed by atoms with Gasteiger partial charge < -0.3 is 14.8 Å². The molecule has 0 heterocycles. The van der Waals surface area contributed by atoms with Crippen molar-refractivity contribution in [2.24, 2.45) is 0 Å². The van der Waals surface area contributed by atoms with Gasteiger partial charge in [-0.15, -0.1) is 0 Å². The number of fused-ring (bicyclic) bond motifs is 1. The topological polar surface area (TPSA) is 47.6 Å². The zero-order valence-corrected chi connectivity index (χ0v) is 17.1. The van der Waals surface area contributed by atoms with Crippen molar-refractivity contribution in [2.75, 3.05) is 14.2 Å². The Morgan fingerprint density at radius 1 is 0.929 bits per heavy atom. The molecule has 146 valence electrons. The highest BCUT2D eigenvalue weighted by Crippen LogP contribution is 2.36. The summed E-state index contributed by atoms with van der Waals surface area (Å²) < 4.78 is 10.9. The lowest BCUT2D eigenvalue weighted by molar-refractivity contribution is 0.0914. The fourth-order valence-electron chi connectivity index (χ4n) is 3.52. The van der Waals surface area contributed by atoms with Gasteiger partial charge in [-0.3, -0.25) is 4.79 Å². The van der Waals surface area contributed by atoms with Gasteiger partial charge >= 0.3 is 0 Å². The van der Waals surface area contributed by atoms with Crippen LogP contribution in [0.3, 0.4) is 0 Å². The summed E-state index contributed by atoms with van der Waals surface area (Å²) in [4.78, 5) is 13.2. The molecular formula is C24H27NO3. The van der Waals surface area contributed by atoms with E-state index in [9.17, 15) is 4.79 Å². The molecule has 0 aliphatic heterocycles. The largest absolute Gasteiger partial charge is 0.493 e. The van der Waals surface area contributed by atoms with E-state index in [4.69, 9.17) is 9.47 Å². The van der Waals surface area contributed by atoms with Crippen molar-refractivity contribution in [1.29, 1.82) is 0 Å². The van der Waals surface area contributed by atoms with Crippen LogP contribution in [-0.4, -0.2) is 20.1 Å². The molecule has 4 nitrogen and oxygen atoms in total. The molecule has 0 aromatic heterocycles. The van der Waals surface area contributed by atoms with Crippen LogP contribution in [0, 0.1) is 0 Å². The number of hydrogen-bond donors (Lipinski definition) is 1. The second-order valence-corrected chi connectivity index (χ2v) is 7.32. The molecule has 1 N–H and O–H groups in total. The third-order valence-corrected chi connectivity index (χ3v) is 5.16. The summed E-state index contributed by atoms with van der Waals surface area (Å²) in [5.41, 5.74) is 2.34. The number of aryl methyl sites for hydroxylation is 1. The standard InChI is InChI=1S/C24H27NO3/c1-6-16-12-13-18(20-15-22(28-5)21(27-4)14-19(16)20)23(26)25-24(2,3)17-10-8-7-9-11-17/h7-15H,6H2,1-5H3,(H,25,26). The molecular weight excluding hydrogens is 350 g/mol. The van der Waals surface area contributed by atoms with Crippen LogP contribution in [0.4, 0.5) is 0 Å². The van der Waals surface area contributed by atoms with Crippen LogP contribution >= 0.6 is 0 Å². The van der Waals surface area contributed by atoms with Crippen molar-refractivity contribution in [3.63, 3.8) is 0 Å². The van der Waals surface area contributed by atoms with Gasteiger partial charge in [0.1, 0.15) is 0 Å². The summed E-state index contributed by atoms with van der Waals surface area (Å²) in [6, 6.07) is 17.7. The Morgan fingerprint density at radius 2 is 1.54 bits per heavy atom. The molecule has 3 rings (SSSR count). The van der Waals surface area contributed by atoms with Gasteiger partial charge in [0.2, 0.25) is 0 Å². The number of hydrogen-bond acceptors (Lipinski definition) is 3. The van der Waals surface area contributed by atoms with Gasteiger partial charge in [0.15, 0.2) is 11.5 Å². The zero-order chi connectivity index (χ0) is 20.3. The van der Waals surface area contributed by atoms with Gasteiger partial charge in [-0.1, -0.05) is 43.3 Å². The molecule has 3 aromatic rings. The summed E-state index contributed by atoms with van der Waals surface area (Å²) in [7, 11) is 3.22. The van der Waals surface area contributed by atoms with Crippen LogP contribution in [0.5, 0.6) is 11.5 Å². The number of methoxy groups -OCH3 is 2. The Morgan fingerprint density at radius 3 is 2.11 bits per heavy atom. The minimum absolute atomic E-state index is 0.117. The van der Waals surface area contributed by atoms with Gasteiger partial charge in [-0.25, -0.2) is 0 Å². The first-order valence-corrected chi connectivity index (χ1v) is 9.47. The predicted octanol–water partition coefficient (Wildman–Crippen LogP) is 5.08. The van der Waals surface area contributed by atoms with E-state index in [1.807, 2.05) is 68.4 Å². The third kappa shape index (κ3) is 3.68. The fourth-order valence-corrected chi connectivity index (χ4v) is 3.52. The average Bonchev–Trinajstić information content (AvgIpc) is 2.72. The maximum atomic E-state index is 13.2. The van der Waals surface area contributed by atoms with E-state index >= 15 is 0 Å². The molecule has 0 fully saturated rings. The number of ether oxygens (including phenoxy) is 2. The second kappa shape index (κ2) is 7.93. The minimum Gasteiger partial charge on any atom is -0.493 e. The number of carbonyl (C=O) groups excluding carboxylic acids is 1. The summed E-state index contributed by atoms with van der Waals surface area (Å²) in [6.45, 7) is 6.11. The Labute approximate surface area is 166 Å². The van der Waals surface area contributed by atoms with Crippen molar-refractivity contribution in [3.8, 4) is 11.5 Å². The van der Waals surface area contributed by atoms with E-state index in [-0.39, 0.29) is 5.91 Å². The monoisotopic (exact) mass is 377 g/mol. The highest BCUT2D eigenvalue weighted by Gasteiger charge is 2.25. The lowest BCUT2D eigenvalue weighted by Gasteiger charge is -2.27. The average molecular weight is 377 g/mol. The lowest BCUT2D eigenvalue weighted by Crippen LogP contribution is -2.41. The minimum atomic E-state index is -0.495. The van der Waals surface area contributed by atoms with Crippen LogP contribution < -0.4 is 14.8 Å². The summed E-state index contributed by atoms with van der Waals surface area (Å²) in [5.74, 6) is 1.15. The highest BCUT2D eigenvalue weighted by atomic mass is 16.5. The molecule has 28 heavy (non-hydrogen) atoms. The van der Waals surface area contributed by atoms with E-state index in [1.54, 1.807) is 14.2 Å². The van der Waals surface area contributed by atoms with Crippen LogP contribution in [0.1, 0.15) is 42.3 Å². The molecule has 1 amide bonds. The molecule has 0 unspecified atom stereocenters. The van der Waals surface area contributed by atoms with Crippen LogP contribution in [0.25, 0.3) is 10.8 Å². The van der Waals surface area contributed by atoms with Crippen molar-refractivity contribution in [1.82, 2.24) is 5.32 Å². The molecule has 3 aromatic carbocycles. The molecule has 0 aliphatic rings. The Bertz CT molecular complexity index is 994. The van der Waals surface area contributed by atoms with E-state index in [2.05, 4.69) is 12.2 Å². The first-order chi connectivity index (χ1) is 13.4. The number of rotatable bonds is 6. The van der Waals surface area contributed by atoms with Crippen LogP contribution in [-0.2, 0) is 12.0 Å². The van der Waals surface area contributed by atoms with Crippen LogP contribution in [0.2, 0.25) is 0 Å². The van der Waals surface area contributed by atoms with E-state index in [1.165, 1.54) is 0 Å². The number of carbonyl (C=O) groups is 1. The molecule has 0 saturated carbocycles. The zero-order valence-electron chi connectivity index (χ0n) is 17.1. The molecule has 0 bridgehead atoms. The molecule has 0 radical (unpaired) electrons. The number of nitrogens with one attached hydrogen (secondary N) is 1. The van der Waals surface area contributed by atoms with Crippen molar-refractivity contribution < 1.29 is 14.3 Å². The quantitative estimate of drug-likeness (QED) is 0.651. The molecule has 4 heteroatoms. The van der Waals surface area contributed by atoms with E-state index in [0.717, 1.165) is 28.3 Å². The fraction of sp³-hybridized carbons (Fsp3) is 0.292. The third-order valence-electron chi connectivity index (χ3n) is 5.16. The Balaban J connectivity index is 2.08. The van der Waals surface area contributed by atoms with E-state index in [0.29, 0.717) is 17.1 Å². The number of amides is 1. The summed E-state index contributed by atoms with van der Waals surface area (Å²) in [5, 5.41) is 5.04. The molecule has 0 spiro atoms. The SMILES string of the molecule is CCc1ccc(C(=O)NC(C)(C)c2ccccc2)c2cc(OC)c(OC)cc12. The number of benzene rings is 3. The maximum Gasteiger partial charge on any atom is 0.252 e. The summed E-state index contributed by atoms with van der Waals surface area (Å²) >= 11 is 0. The highest BCUT2D eigenvalue weighted by molar-refractivity contribution is 6.09. The Kier molecular flexibility index (Phi) is 5.59. The van der Waals surface area contributed by atoms with Gasteiger partial charge in [0, 0.05) is 5.56 Å². The van der Waals surface area contributed by atoms with Crippen molar-refractivity contribution in [3.05, 3.63) is 71.3 Å². The predicted molar refractivity (Wildman–Crippen MR) is 113 cm³/mol. The van der Waals surface area contributed by atoms with E-state index < -0.39 is 5.54 Å². The van der Waals surface area contributed by atoms with Gasteiger partial charge in [-0.05, 0) is 60.4 Å².